The molecule has 27 heavy (non-hydrogen) atoms. The van der Waals surface area contributed by atoms with Crippen molar-refractivity contribution in [2.24, 2.45) is 0 Å². The van der Waals surface area contributed by atoms with Gasteiger partial charge in [-0.25, -0.2) is 13.1 Å². The maximum atomic E-state index is 12.5. The minimum atomic E-state index is -3.58. The summed E-state index contributed by atoms with van der Waals surface area (Å²) in [7, 11) is -3.58. The van der Waals surface area contributed by atoms with Crippen LogP contribution in [0.25, 0.3) is 10.2 Å². The monoisotopic (exact) mass is 424 g/mol. The highest BCUT2D eigenvalue weighted by molar-refractivity contribution is 7.89. The lowest BCUT2D eigenvalue weighted by Gasteiger charge is -2.08. The Morgan fingerprint density at radius 1 is 1.15 bits per heavy atom. The van der Waals surface area contributed by atoms with Gasteiger partial charge in [-0.3, -0.25) is 9.36 Å². The molecule has 1 aromatic heterocycles. The van der Waals surface area contributed by atoms with Gasteiger partial charge in [0.2, 0.25) is 10.0 Å². The van der Waals surface area contributed by atoms with Crippen molar-refractivity contribution in [1.82, 2.24) is 9.29 Å². The molecular weight excluding hydrogens is 404 g/mol. The molecule has 2 aromatic carbocycles. The van der Waals surface area contributed by atoms with Crippen molar-refractivity contribution >= 4 is 43.2 Å². The fourth-order valence-electron chi connectivity index (χ4n) is 2.83. The average molecular weight is 425 g/mol. The number of halogens is 1. The van der Waals surface area contributed by atoms with E-state index in [1.807, 2.05) is 18.2 Å². The van der Waals surface area contributed by atoms with Gasteiger partial charge in [-0.2, -0.15) is 0 Å². The quantitative estimate of drug-likeness (QED) is 0.550. The van der Waals surface area contributed by atoms with E-state index in [2.05, 4.69) is 11.6 Å². The third kappa shape index (κ3) is 4.60. The van der Waals surface area contributed by atoms with E-state index in [4.69, 9.17) is 11.6 Å². The van der Waals surface area contributed by atoms with E-state index in [9.17, 15) is 13.2 Å². The smallest absolute Gasteiger partial charge is 0.294 e. The van der Waals surface area contributed by atoms with Crippen LogP contribution in [0.3, 0.4) is 0 Å². The predicted octanol–water partition coefficient (Wildman–Crippen LogP) is 4.23. The molecule has 0 saturated heterocycles. The zero-order valence-corrected chi connectivity index (χ0v) is 17.3. The minimum absolute atomic E-state index is 0.143. The van der Waals surface area contributed by atoms with Crippen LogP contribution in [0.15, 0.2) is 52.2 Å². The van der Waals surface area contributed by atoms with E-state index in [0.29, 0.717) is 28.3 Å². The summed E-state index contributed by atoms with van der Waals surface area (Å²) in [6, 6.07) is 12.2. The van der Waals surface area contributed by atoms with Crippen LogP contribution >= 0.6 is 22.9 Å². The van der Waals surface area contributed by atoms with Gasteiger partial charge in [-0.15, -0.1) is 0 Å². The molecule has 1 heterocycles. The summed E-state index contributed by atoms with van der Waals surface area (Å²) >= 11 is 7.24. The lowest BCUT2D eigenvalue weighted by Crippen LogP contribution is -2.24. The molecule has 0 bridgehead atoms. The van der Waals surface area contributed by atoms with Gasteiger partial charge < -0.3 is 0 Å². The molecule has 3 aromatic rings. The Kier molecular flexibility index (Phi) is 6.37. The van der Waals surface area contributed by atoms with Crippen molar-refractivity contribution in [1.29, 1.82) is 0 Å². The number of rotatable bonds is 8. The number of aromatic nitrogens is 1. The lowest BCUT2D eigenvalue weighted by atomic mass is 10.2. The highest BCUT2D eigenvalue weighted by Gasteiger charge is 2.16. The third-order valence-corrected chi connectivity index (χ3v) is 7.08. The van der Waals surface area contributed by atoms with Crippen LogP contribution in [0.5, 0.6) is 0 Å². The maximum absolute atomic E-state index is 12.5. The topological polar surface area (TPSA) is 68.2 Å². The van der Waals surface area contributed by atoms with Gasteiger partial charge in [-0.05, 0) is 36.2 Å². The van der Waals surface area contributed by atoms with Crippen molar-refractivity contribution in [3.8, 4) is 0 Å². The largest absolute Gasteiger partial charge is 0.308 e. The van der Waals surface area contributed by atoms with Crippen molar-refractivity contribution in [2.45, 2.75) is 37.6 Å². The molecule has 8 heteroatoms. The summed E-state index contributed by atoms with van der Waals surface area (Å²) in [6.45, 7) is 2.83. The van der Waals surface area contributed by atoms with Crippen LogP contribution in [-0.4, -0.2) is 19.5 Å². The van der Waals surface area contributed by atoms with Gasteiger partial charge in [0.1, 0.15) is 0 Å². The molecule has 0 unspecified atom stereocenters. The second-order valence-corrected chi connectivity index (χ2v) is 9.45. The number of nitrogens with one attached hydrogen (secondary N) is 1. The molecule has 0 atom stereocenters. The van der Waals surface area contributed by atoms with Crippen molar-refractivity contribution in [3.05, 3.63) is 62.7 Å². The molecule has 0 saturated carbocycles. The number of hydrogen-bond donors (Lipinski definition) is 1. The maximum Gasteiger partial charge on any atom is 0.308 e. The molecule has 0 radical (unpaired) electrons. The summed E-state index contributed by atoms with van der Waals surface area (Å²) in [4.78, 5) is 12.5. The van der Waals surface area contributed by atoms with E-state index in [-0.39, 0.29) is 9.77 Å². The van der Waals surface area contributed by atoms with Crippen molar-refractivity contribution < 1.29 is 8.42 Å². The first-order chi connectivity index (χ1) is 12.9. The Bertz CT molecular complexity index is 1100. The molecule has 0 fully saturated rings. The van der Waals surface area contributed by atoms with E-state index < -0.39 is 10.0 Å². The molecule has 0 spiro atoms. The fourth-order valence-corrected chi connectivity index (χ4v) is 5.13. The highest BCUT2D eigenvalue weighted by atomic mass is 35.5. The normalized spacial score (nSPS) is 11.9. The van der Waals surface area contributed by atoms with Crippen LogP contribution in [0.1, 0.15) is 31.7 Å². The van der Waals surface area contributed by atoms with Gasteiger partial charge >= 0.3 is 4.87 Å². The Balaban J connectivity index is 1.89. The second-order valence-electron chi connectivity index (χ2n) is 6.28. The van der Waals surface area contributed by atoms with Crippen LogP contribution in [0, 0.1) is 0 Å². The molecule has 3 rings (SSSR count). The van der Waals surface area contributed by atoms with E-state index in [1.165, 1.54) is 0 Å². The number of thiazole rings is 1. The number of fused-ring (bicyclic) bond motifs is 1. The number of unbranched alkanes of at least 4 members (excludes halogenated alkanes) is 2. The Morgan fingerprint density at radius 2 is 1.93 bits per heavy atom. The molecule has 1 N–H and O–H groups in total. The van der Waals surface area contributed by atoms with Crippen LogP contribution in [0.4, 0.5) is 0 Å². The minimum Gasteiger partial charge on any atom is -0.294 e. The molecule has 0 amide bonds. The van der Waals surface area contributed by atoms with Gasteiger partial charge in [0.25, 0.3) is 0 Å². The fraction of sp³-hybridized carbons (Fsp3) is 0.316. The van der Waals surface area contributed by atoms with Crippen molar-refractivity contribution in [3.63, 3.8) is 0 Å². The highest BCUT2D eigenvalue weighted by Crippen LogP contribution is 2.24. The SMILES string of the molecule is CCCCCNS(=O)(=O)c1ccc2c(c1)sc(=O)n2Cc1ccccc1Cl. The molecule has 0 aliphatic carbocycles. The molecule has 144 valence electrons. The van der Waals surface area contributed by atoms with E-state index in [1.54, 1.807) is 28.8 Å². The number of benzene rings is 2. The Morgan fingerprint density at radius 3 is 2.67 bits per heavy atom. The van der Waals surface area contributed by atoms with E-state index >= 15 is 0 Å². The Hall–Kier alpha value is -1.67. The van der Waals surface area contributed by atoms with Crippen LogP contribution in [0.2, 0.25) is 5.02 Å². The third-order valence-electron chi connectivity index (χ3n) is 4.31. The zero-order chi connectivity index (χ0) is 19.4. The zero-order valence-electron chi connectivity index (χ0n) is 14.9. The summed E-state index contributed by atoms with van der Waals surface area (Å²) in [5.74, 6) is 0. The van der Waals surface area contributed by atoms with Crippen LogP contribution in [-0.2, 0) is 16.6 Å². The summed E-state index contributed by atoms with van der Waals surface area (Å²) < 4.78 is 29.8. The standard InChI is InChI=1S/C19H21ClN2O3S2/c1-2-3-6-11-21-27(24,25)15-9-10-17-18(12-15)26-19(23)22(17)13-14-7-4-5-8-16(14)20/h4-5,7-10,12,21H,2-3,6,11,13H2,1H3. The molecule has 0 aliphatic rings. The molecule has 0 aliphatic heterocycles. The van der Waals surface area contributed by atoms with Crippen LogP contribution < -0.4 is 9.60 Å². The first kappa shape index (κ1) is 20.1. The summed E-state index contributed by atoms with van der Waals surface area (Å²) in [5.41, 5.74) is 1.55. The van der Waals surface area contributed by atoms with Gasteiger partial charge in [0.15, 0.2) is 0 Å². The number of hydrogen-bond acceptors (Lipinski definition) is 4. The number of sulfonamides is 1. The summed E-state index contributed by atoms with van der Waals surface area (Å²) in [5, 5.41) is 0.597. The average Bonchev–Trinajstić information content (AvgIpc) is 2.95. The molecular formula is C19H21ClN2O3S2. The van der Waals surface area contributed by atoms with Gasteiger partial charge in [-0.1, -0.05) is 60.9 Å². The summed E-state index contributed by atoms with van der Waals surface area (Å²) in [6.07, 6.45) is 2.81. The lowest BCUT2D eigenvalue weighted by molar-refractivity contribution is 0.576. The second kappa shape index (κ2) is 8.56. The van der Waals surface area contributed by atoms with Crippen molar-refractivity contribution in [2.75, 3.05) is 6.54 Å². The van der Waals surface area contributed by atoms with E-state index in [0.717, 1.165) is 36.2 Å². The molecule has 5 nitrogen and oxygen atoms in total. The first-order valence-corrected chi connectivity index (χ1v) is 11.5. The van der Waals surface area contributed by atoms with Gasteiger partial charge in [0.05, 0.1) is 21.7 Å². The number of nitrogens with zero attached hydrogens (tertiary/aromatic N) is 1. The Labute approximate surface area is 167 Å². The first-order valence-electron chi connectivity index (χ1n) is 8.79. The predicted molar refractivity (Wildman–Crippen MR) is 111 cm³/mol. The van der Waals surface area contributed by atoms with Gasteiger partial charge in [0, 0.05) is 11.6 Å².